The van der Waals surface area contributed by atoms with Gasteiger partial charge in [-0.2, -0.15) is 0 Å². The summed E-state index contributed by atoms with van der Waals surface area (Å²) in [7, 11) is 0. The van der Waals surface area contributed by atoms with Crippen LogP contribution in [0.5, 0.6) is 0 Å². The van der Waals surface area contributed by atoms with Crippen LogP contribution in [-0.2, 0) is 4.79 Å². The van der Waals surface area contributed by atoms with E-state index in [1.807, 2.05) is 18.2 Å². The van der Waals surface area contributed by atoms with Crippen molar-refractivity contribution in [1.29, 1.82) is 0 Å². The molecule has 2 N–H and O–H groups in total. The van der Waals surface area contributed by atoms with Crippen molar-refractivity contribution in [2.75, 3.05) is 24.5 Å². The number of amides is 2. The number of nitrogens with zero attached hydrogens (tertiary/aromatic N) is 1. The Balaban J connectivity index is 1.70. The lowest BCUT2D eigenvalue weighted by Gasteiger charge is -2.35. The minimum Gasteiger partial charge on any atom is -0.472 e. The smallest absolute Gasteiger partial charge is 0.251 e. The average Bonchev–Trinajstić information content (AvgIpc) is 3.51. The Labute approximate surface area is 208 Å². The third kappa shape index (κ3) is 5.69. The monoisotopic (exact) mass is 475 g/mol. The lowest BCUT2D eigenvalue weighted by atomic mass is 9.73. The third-order valence-corrected chi connectivity index (χ3v) is 7.30. The molecule has 0 spiro atoms. The molecule has 6 nitrogen and oxygen atoms in total. The zero-order valence-corrected chi connectivity index (χ0v) is 20.5. The van der Waals surface area contributed by atoms with Gasteiger partial charge in [0.05, 0.1) is 25.1 Å². The summed E-state index contributed by atoms with van der Waals surface area (Å²) < 4.78 is 5.50. The predicted octanol–water partition coefficient (Wildman–Crippen LogP) is 5.50. The number of benzene rings is 1. The highest BCUT2D eigenvalue weighted by Gasteiger charge is 2.44. The zero-order chi connectivity index (χ0) is 24.6. The van der Waals surface area contributed by atoms with Crippen LogP contribution in [0.2, 0.25) is 0 Å². The molecule has 35 heavy (non-hydrogen) atoms. The number of anilines is 1. The number of carbonyl (C=O) groups excluding carboxylic acids is 2. The lowest BCUT2D eigenvalue weighted by Crippen LogP contribution is -2.39. The number of carbonyl (C=O) groups is 2. The molecule has 2 unspecified atom stereocenters. The van der Waals surface area contributed by atoms with Crippen molar-refractivity contribution in [3.8, 4) is 0 Å². The van der Waals surface area contributed by atoms with E-state index in [0.29, 0.717) is 24.6 Å². The summed E-state index contributed by atoms with van der Waals surface area (Å²) in [6, 6.07) is 8.01. The van der Waals surface area contributed by atoms with E-state index in [4.69, 9.17) is 4.42 Å². The average molecular weight is 476 g/mol. The van der Waals surface area contributed by atoms with Crippen LogP contribution >= 0.6 is 0 Å². The van der Waals surface area contributed by atoms with E-state index in [0.717, 1.165) is 24.1 Å². The molecule has 1 aromatic heterocycles. The first-order valence-corrected chi connectivity index (χ1v) is 12.8. The van der Waals surface area contributed by atoms with Gasteiger partial charge >= 0.3 is 0 Å². The highest BCUT2D eigenvalue weighted by atomic mass is 16.3. The molecule has 0 saturated heterocycles. The van der Waals surface area contributed by atoms with Gasteiger partial charge in [0.15, 0.2) is 0 Å². The van der Waals surface area contributed by atoms with E-state index >= 15 is 0 Å². The van der Waals surface area contributed by atoms with E-state index in [2.05, 4.69) is 34.8 Å². The number of furan rings is 1. The number of fused-ring (bicyclic) bond motifs is 1. The molecule has 1 aliphatic carbocycles. The minimum atomic E-state index is -0.106. The molecule has 0 bridgehead atoms. The van der Waals surface area contributed by atoms with Crippen molar-refractivity contribution in [3.63, 3.8) is 0 Å². The van der Waals surface area contributed by atoms with Crippen LogP contribution in [0.15, 0.2) is 66.5 Å². The van der Waals surface area contributed by atoms with E-state index in [9.17, 15) is 9.59 Å². The van der Waals surface area contributed by atoms with Gasteiger partial charge in [-0.1, -0.05) is 37.5 Å². The Morgan fingerprint density at radius 2 is 1.77 bits per heavy atom. The molecule has 1 saturated carbocycles. The maximum atomic E-state index is 13.0. The Morgan fingerprint density at radius 1 is 1.03 bits per heavy atom. The Bertz CT molecular complexity index is 1020. The highest BCUT2D eigenvalue weighted by molar-refractivity contribution is 5.96. The van der Waals surface area contributed by atoms with Crippen LogP contribution in [-0.4, -0.2) is 31.4 Å². The van der Waals surface area contributed by atoms with Gasteiger partial charge in [0.1, 0.15) is 0 Å². The second-order valence-corrected chi connectivity index (χ2v) is 9.59. The minimum absolute atomic E-state index is 0.00363. The standard InChI is InChI=1S/C29H37N3O3/c1-3-5-15-30-26(33)19-32-25-18-22(29(34)31-16-6-4-2)12-13-24(25)27(21-10-8-7-9-11-21)28(32)23-14-17-35-20-23/h3-4,12-14,17-18,20-21,27-28H,1-2,5-11,15-16,19H2,(H,30,33)(H,31,34). The Kier molecular flexibility index (Phi) is 8.45. The van der Waals surface area contributed by atoms with E-state index < -0.39 is 0 Å². The van der Waals surface area contributed by atoms with Gasteiger partial charge in [0.2, 0.25) is 5.91 Å². The maximum Gasteiger partial charge on any atom is 0.251 e. The summed E-state index contributed by atoms with van der Waals surface area (Å²) in [5.41, 5.74) is 3.89. The second kappa shape index (κ2) is 11.9. The summed E-state index contributed by atoms with van der Waals surface area (Å²) in [5.74, 6) is 0.646. The molecule has 2 amide bonds. The van der Waals surface area contributed by atoms with Gasteiger partial charge in [0.25, 0.3) is 5.91 Å². The molecular weight excluding hydrogens is 438 g/mol. The van der Waals surface area contributed by atoms with Gasteiger partial charge in [-0.25, -0.2) is 0 Å². The van der Waals surface area contributed by atoms with Crippen LogP contribution in [0.4, 0.5) is 5.69 Å². The van der Waals surface area contributed by atoms with Crippen LogP contribution < -0.4 is 15.5 Å². The Hall–Kier alpha value is -3.28. The SMILES string of the molecule is C=CCCNC(=O)CN1c2cc(C(=O)NCCC=C)ccc2C(C2CCCCC2)C1c1ccoc1. The molecule has 1 fully saturated rings. The second-order valence-electron chi connectivity index (χ2n) is 9.59. The Morgan fingerprint density at radius 3 is 2.46 bits per heavy atom. The number of hydrogen-bond acceptors (Lipinski definition) is 4. The predicted molar refractivity (Wildman–Crippen MR) is 140 cm³/mol. The molecule has 1 aliphatic heterocycles. The van der Waals surface area contributed by atoms with Crippen molar-refractivity contribution >= 4 is 17.5 Å². The van der Waals surface area contributed by atoms with Gasteiger partial charge in [0, 0.05) is 35.8 Å². The van der Waals surface area contributed by atoms with Gasteiger partial charge < -0.3 is 20.0 Å². The van der Waals surface area contributed by atoms with Crippen LogP contribution in [0.1, 0.15) is 78.4 Å². The molecular formula is C29H37N3O3. The zero-order valence-electron chi connectivity index (χ0n) is 20.5. The molecule has 186 valence electrons. The van der Waals surface area contributed by atoms with Crippen molar-refractivity contribution in [2.45, 2.75) is 56.9 Å². The van der Waals surface area contributed by atoms with E-state index in [-0.39, 0.29) is 30.3 Å². The first-order chi connectivity index (χ1) is 17.1. The molecule has 1 aromatic carbocycles. The van der Waals surface area contributed by atoms with Gasteiger partial charge in [-0.05, 0) is 55.4 Å². The summed E-state index contributed by atoms with van der Waals surface area (Å²) in [6.45, 7) is 8.80. The molecule has 4 rings (SSSR count). The molecule has 6 heteroatoms. The summed E-state index contributed by atoms with van der Waals surface area (Å²) in [6.07, 6.45) is 14.7. The third-order valence-electron chi connectivity index (χ3n) is 7.30. The van der Waals surface area contributed by atoms with Crippen molar-refractivity contribution < 1.29 is 14.0 Å². The first-order valence-electron chi connectivity index (χ1n) is 12.8. The quantitative estimate of drug-likeness (QED) is 0.332. The van der Waals surface area contributed by atoms with E-state index in [1.54, 1.807) is 24.7 Å². The van der Waals surface area contributed by atoms with Gasteiger partial charge in [-0.3, -0.25) is 9.59 Å². The fourth-order valence-electron chi connectivity index (χ4n) is 5.66. The molecule has 2 heterocycles. The largest absolute Gasteiger partial charge is 0.472 e. The molecule has 2 atom stereocenters. The van der Waals surface area contributed by atoms with Gasteiger partial charge in [-0.15, -0.1) is 13.2 Å². The highest BCUT2D eigenvalue weighted by Crippen LogP contribution is 2.55. The number of rotatable bonds is 11. The maximum absolute atomic E-state index is 13.0. The molecule has 2 aliphatic rings. The summed E-state index contributed by atoms with van der Waals surface area (Å²) >= 11 is 0. The van der Waals surface area contributed by atoms with Crippen LogP contribution in [0, 0.1) is 5.92 Å². The van der Waals surface area contributed by atoms with Crippen LogP contribution in [0.3, 0.4) is 0 Å². The number of nitrogens with one attached hydrogen (secondary N) is 2. The topological polar surface area (TPSA) is 74.6 Å². The van der Waals surface area contributed by atoms with Crippen molar-refractivity contribution in [2.24, 2.45) is 5.92 Å². The van der Waals surface area contributed by atoms with Crippen LogP contribution in [0.25, 0.3) is 0 Å². The summed E-state index contributed by atoms with van der Waals surface area (Å²) in [5, 5.41) is 5.97. The first kappa shape index (κ1) is 24.8. The summed E-state index contributed by atoms with van der Waals surface area (Å²) in [4.78, 5) is 28.0. The fourth-order valence-corrected chi connectivity index (χ4v) is 5.66. The van der Waals surface area contributed by atoms with Crippen molar-refractivity contribution in [1.82, 2.24) is 10.6 Å². The normalized spacial score (nSPS) is 19.7. The number of hydrogen-bond donors (Lipinski definition) is 2. The van der Waals surface area contributed by atoms with E-state index in [1.165, 1.54) is 37.7 Å². The lowest BCUT2D eigenvalue weighted by molar-refractivity contribution is -0.119. The molecule has 2 aromatic rings. The molecule has 0 radical (unpaired) electrons. The fraction of sp³-hybridized carbons (Fsp3) is 0.448. The van der Waals surface area contributed by atoms with Crippen molar-refractivity contribution in [3.05, 3.63) is 78.8 Å².